The molecule has 4 nitrogen and oxygen atoms in total. The predicted molar refractivity (Wildman–Crippen MR) is 73.2 cm³/mol. The van der Waals surface area contributed by atoms with Crippen LogP contribution in [0.3, 0.4) is 0 Å². The molecule has 2 unspecified atom stereocenters. The maximum atomic E-state index is 12.4. The van der Waals surface area contributed by atoms with Crippen LogP contribution in [0.4, 0.5) is 0 Å². The van der Waals surface area contributed by atoms with Gasteiger partial charge in [0.2, 0.25) is 5.91 Å². The van der Waals surface area contributed by atoms with E-state index in [-0.39, 0.29) is 18.0 Å². The molecular weight excluding hydrogens is 228 g/mol. The molecule has 0 aromatic heterocycles. The van der Waals surface area contributed by atoms with E-state index in [1.807, 2.05) is 11.8 Å². The van der Waals surface area contributed by atoms with Crippen LogP contribution in [0.2, 0.25) is 0 Å². The minimum atomic E-state index is -0.00660. The second kappa shape index (κ2) is 7.10. The van der Waals surface area contributed by atoms with E-state index < -0.39 is 0 Å². The molecule has 1 fully saturated rings. The van der Waals surface area contributed by atoms with E-state index in [1.54, 1.807) is 0 Å². The first-order chi connectivity index (χ1) is 8.47. The normalized spacial score (nSPS) is 22.3. The Kier molecular flexibility index (Phi) is 6.09. The number of nitrogens with one attached hydrogen (secondary N) is 1. The fourth-order valence-electron chi connectivity index (χ4n) is 2.39. The molecule has 18 heavy (non-hydrogen) atoms. The van der Waals surface area contributed by atoms with Crippen LogP contribution in [0.25, 0.3) is 0 Å². The molecule has 1 aliphatic heterocycles. The Hall–Kier alpha value is -0.610. The van der Waals surface area contributed by atoms with Crippen molar-refractivity contribution in [2.24, 2.45) is 11.8 Å². The SMILES string of the molecule is CCOCC(C(C)C)N1CNC(CC(C)C)C1=O. The molecule has 1 rings (SSSR count). The highest BCUT2D eigenvalue weighted by molar-refractivity contribution is 5.84. The summed E-state index contributed by atoms with van der Waals surface area (Å²) in [6, 6.07) is 0.176. The Bertz CT molecular complexity index is 267. The lowest BCUT2D eigenvalue weighted by Gasteiger charge is -2.30. The van der Waals surface area contributed by atoms with Gasteiger partial charge in [-0.25, -0.2) is 0 Å². The molecule has 0 bridgehead atoms. The fraction of sp³-hybridized carbons (Fsp3) is 0.929. The fourth-order valence-corrected chi connectivity index (χ4v) is 2.39. The number of carbonyl (C=O) groups excluding carboxylic acids is 1. The third-order valence-corrected chi connectivity index (χ3v) is 3.46. The zero-order valence-electron chi connectivity index (χ0n) is 12.4. The zero-order valence-corrected chi connectivity index (χ0v) is 12.4. The average molecular weight is 256 g/mol. The van der Waals surface area contributed by atoms with Gasteiger partial charge >= 0.3 is 0 Å². The number of nitrogens with zero attached hydrogens (tertiary/aromatic N) is 1. The van der Waals surface area contributed by atoms with E-state index in [1.165, 1.54) is 0 Å². The molecule has 1 aliphatic rings. The van der Waals surface area contributed by atoms with Crippen molar-refractivity contribution >= 4 is 5.91 Å². The van der Waals surface area contributed by atoms with Gasteiger partial charge in [0.15, 0.2) is 0 Å². The van der Waals surface area contributed by atoms with Gasteiger partial charge in [-0.3, -0.25) is 10.1 Å². The first-order valence-corrected chi connectivity index (χ1v) is 7.08. The number of hydrogen-bond acceptors (Lipinski definition) is 3. The summed E-state index contributed by atoms with van der Waals surface area (Å²) < 4.78 is 5.51. The quantitative estimate of drug-likeness (QED) is 0.756. The van der Waals surface area contributed by atoms with Gasteiger partial charge in [-0.2, -0.15) is 0 Å². The summed E-state index contributed by atoms with van der Waals surface area (Å²) in [5, 5.41) is 3.32. The number of ether oxygens (including phenoxy) is 1. The van der Waals surface area contributed by atoms with Crippen LogP contribution < -0.4 is 5.32 Å². The first kappa shape index (κ1) is 15.4. The summed E-state index contributed by atoms with van der Waals surface area (Å²) in [7, 11) is 0. The Morgan fingerprint density at radius 3 is 2.56 bits per heavy atom. The maximum absolute atomic E-state index is 12.4. The van der Waals surface area contributed by atoms with Crippen molar-refractivity contribution in [2.75, 3.05) is 19.9 Å². The maximum Gasteiger partial charge on any atom is 0.241 e. The topological polar surface area (TPSA) is 41.6 Å². The van der Waals surface area contributed by atoms with Crippen molar-refractivity contribution in [3.63, 3.8) is 0 Å². The van der Waals surface area contributed by atoms with E-state index in [2.05, 4.69) is 33.0 Å². The lowest BCUT2D eigenvalue weighted by molar-refractivity contribution is -0.133. The molecular formula is C14H28N2O2. The Labute approximate surface area is 111 Å². The van der Waals surface area contributed by atoms with E-state index in [0.29, 0.717) is 31.7 Å². The van der Waals surface area contributed by atoms with Gasteiger partial charge in [-0.05, 0) is 25.2 Å². The highest BCUT2D eigenvalue weighted by Gasteiger charge is 2.36. The van der Waals surface area contributed by atoms with Crippen LogP contribution >= 0.6 is 0 Å². The second-order valence-corrected chi connectivity index (χ2v) is 5.82. The van der Waals surface area contributed by atoms with Crippen molar-refractivity contribution in [1.29, 1.82) is 0 Å². The van der Waals surface area contributed by atoms with Gasteiger partial charge in [0.05, 0.1) is 25.4 Å². The second-order valence-electron chi connectivity index (χ2n) is 5.82. The summed E-state index contributed by atoms with van der Waals surface area (Å²) >= 11 is 0. The average Bonchev–Trinajstić information content (AvgIpc) is 2.61. The van der Waals surface area contributed by atoms with Crippen LogP contribution in [0.15, 0.2) is 0 Å². The van der Waals surface area contributed by atoms with Crippen LogP contribution in [0, 0.1) is 11.8 Å². The van der Waals surface area contributed by atoms with Crippen LogP contribution in [0.1, 0.15) is 41.0 Å². The number of rotatable bonds is 7. The smallest absolute Gasteiger partial charge is 0.241 e. The van der Waals surface area contributed by atoms with E-state index in [0.717, 1.165) is 6.42 Å². The Morgan fingerprint density at radius 2 is 2.06 bits per heavy atom. The highest BCUT2D eigenvalue weighted by Crippen LogP contribution is 2.19. The number of hydrogen-bond donors (Lipinski definition) is 1. The third-order valence-electron chi connectivity index (χ3n) is 3.46. The molecule has 0 radical (unpaired) electrons. The molecule has 1 saturated heterocycles. The van der Waals surface area contributed by atoms with Crippen LogP contribution in [-0.4, -0.2) is 42.8 Å². The Balaban J connectivity index is 2.61. The molecule has 0 aromatic carbocycles. The summed E-state index contributed by atoms with van der Waals surface area (Å²) in [5.41, 5.74) is 0. The summed E-state index contributed by atoms with van der Waals surface area (Å²) in [6.07, 6.45) is 0.911. The molecule has 1 heterocycles. The van der Waals surface area contributed by atoms with E-state index in [4.69, 9.17) is 4.74 Å². The highest BCUT2D eigenvalue weighted by atomic mass is 16.5. The molecule has 4 heteroatoms. The van der Waals surface area contributed by atoms with Crippen LogP contribution in [-0.2, 0) is 9.53 Å². The number of carbonyl (C=O) groups is 1. The van der Waals surface area contributed by atoms with Crippen molar-refractivity contribution in [3.05, 3.63) is 0 Å². The largest absolute Gasteiger partial charge is 0.380 e. The molecule has 2 atom stereocenters. The molecule has 1 amide bonds. The first-order valence-electron chi connectivity index (χ1n) is 7.08. The summed E-state index contributed by atoms with van der Waals surface area (Å²) in [6.45, 7) is 12.6. The lowest BCUT2D eigenvalue weighted by Crippen LogP contribution is -2.44. The van der Waals surface area contributed by atoms with Gasteiger partial charge in [-0.1, -0.05) is 27.7 Å². The summed E-state index contributed by atoms with van der Waals surface area (Å²) in [5.74, 6) is 1.19. The van der Waals surface area contributed by atoms with Gasteiger partial charge < -0.3 is 9.64 Å². The molecule has 0 aromatic rings. The van der Waals surface area contributed by atoms with Gasteiger partial charge in [0.1, 0.15) is 0 Å². The Morgan fingerprint density at radius 1 is 1.39 bits per heavy atom. The van der Waals surface area contributed by atoms with Gasteiger partial charge in [0, 0.05) is 6.61 Å². The number of amides is 1. The molecule has 0 aliphatic carbocycles. The van der Waals surface area contributed by atoms with Crippen molar-refractivity contribution < 1.29 is 9.53 Å². The molecule has 0 spiro atoms. The zero-order chi connectivity index (χ0) is 13.7. The minimum absolute atomic E-state index is 0.00660. The molecule has 1 N–H and O–H groups in total. The monoisotopic (exact) mass is 256 g/mol. The van der Waals surface area contributed by atoms with Crippen molar-refractivity contribution in [1.82, 2.24) is 10.2 Å². The van der Waals surface area contributed by atoms with E-state index >= 15 is 0 Å². The lowest BCUT2D eigenvalue weighted by atomic mass is 10.0. The van der Waals surface area contributed by atoms with Crippen LogP contribution in [0.5, 0.6) is 0 Å². The summed E-state index contributed by atoms with van der Waals surface area (Å²) in [4.78, 5) is 14.3. The standard InChI is InChI=1S/C14H28N2O2/c1-6-18-8-13(11(4)5)16-9-15-12(14(16)17)7-10(2)3/h10-13,15H,6-9H2,1-5H3. The van der Waals surface area contributed by atoms with E-state index in [9.17, 15) is 4.79 Å². The molecule has 0 saturated carbocycles. The van der Waals surface area contributed by atoms with Gasteiger partial charge in [0.25, 0.3) is 0 Å². The van der Waals surface area contributed by atoms with Crippen molar-refractivity contribution in [3.8, 4) is 0 Å². The third kappa shape index (κ3) is 3.95. The minimum Gasteiger partial charge on any atom is -0.380 e. The van der Waals surface area contributed by atoms with Crippen molar-refractivity contribution in [2.45, 2.75) is 53.1 Å². The molecule has 106 valence electrons. The predicted octanol–water partition coefficient (Wildman–Crippen LogP) is 1.85. The van der Waals surface area contributed by atoms with Gasteiger partial charge in [-0.15, -0.1) is 0 Å².